The summed E-state index contributed by atoms with van der Waals surface area (Å²) < 4.78 is 0. The normalized spacial score (nSPS) is 14.4. The predicted molar refractivity (Wildman–Crippen MR) is 110 cm³/mol. The fourth-order valence-electron chi connectivity index (χ4n) is 3.68. The number of oxime groups is 1. The molecular formula is C24H21NO2. The Bertz CT molecular complexity index is 1140. The molecule has 0 aliphatic heterocycles. The van der Waals surface area contributed by atoms with Crippen molar-refractivity contribution in [2.75, 3.05) is 0 Å². The second kappa shape index (κ2) is 6.86. The smallest absolute Gasteiger partial charge is 0.0931 e. The van der Waals surface area contributed by atoms with E-state index in [1.54, 1.807) is 6.92 Å². The SMILES string of the molecule is CC(O)(CC(=NO)c1ccc2ccccc2c1)c1cccc2ccccc12. The largest absolute Gasteiger partial charge is 0.411 e. The van der Waals surface area contributed by atoms with Crippen molar-refractivity contribution in [1.82, 2.24) is 0 Å². The molecule has 0 spiro atoms. The maximum absolute atomic E-state index is 11.3. The molecule has 4 aromatic rings. The lowest BCUT2D eigenvalue weighted by Gasteiger charge is -2.26. The number of aliphatic hydroxyl groups is 1. The summed E-state index contributed by atoms with van der Waals surface area (Å²) in [7, 11) is 0. The fourth-order valence-corrected chi connectivity index (χ4v) is 3.68. The van der Waals surface area contributed by atoms with Crippen LogP contribution in [-0.4, -0.2) is 16.0 Å². The average molecular weight is 355 g/mol. The summed E-state index contributed by atoms with van der Waals surface area (Å²) in [5.41, 5.74) is 0.909. The molecule has 3 heteroatoms. The van der Waals surface area contributed by atoms with Crippen LogP contribution in [0, 0.1) is 0 Å². The molecule has 0 saturated heterocycles. The lowest BCUT2D eigenvalue weighted by molar-refractivity contribution is 0.0662. The van der Waals surface area contributed by atoms with E-state index in [2.05, 4.69) is 5.16 Å². The Kier molecular flexibility index (Phi) is 4.38. The van der Waals surface area contributed by atoms with Crippen LogP contribution in [0.4, 0.5) is 0 Å². The first-order chi connectivity index (χ1) is 13.1. The van der Waals surface area contributed by atoms with E-state index in [1.165, 1.54) is 0 Å². The van der Waals surface area contributed by atoms with Crippen molar-refractivity contribution < 1.29 is 10.3 Å². The zero-order valence-electron chi connectivity index (χ0n) is 15.1. The molecule has 4 aromatic carbocycles. The van der Waals surface area contributed by atoms with Crippen molar-refractivity contribution in [3.8, 4) is 0 Å². The molecular weight excluding hydrogens is 334 g/mol. The minimum absolute atomic E-state index is 0.204. The molecule has 0 heterocycles. The Hall–Kier alpha value is -3.17. The fraction of sp³-hybridized carbons (Fsp3) is 0.125. The molecule has 0 aliphatic rings. The van der Waals surface area contributed by atoms with Gasteiger partial charge in [-0.25, -0.2) is 0 Å². The van der Waals surface area contributed by atoms with Crippen LogP contribution in [0.15, 0.2) is 90.1 Å². The van der Waals surface area contributed by atoms with Gasteiger partial charge in [0, 0.05) is 12.0 Å². The van der Waals surface area contributed by atoms with Gasteiger partial charge >= 0.3 is 0 Å². The van der Waals surface area contributed by atoms with Crippen molar-refractivity contribution >= 4 is 27.3 Å². The summed E-state index contributed by atoms with van der Waals surface area (Å²) >= 11 is 0. The molecule has 0 fully saturated rings. The molecule has 1 atom stereocenters. The highest BCUT2D eigenvalue weighted by Gasteiger charge is 2.28. The Labute approximate surface area is 158 Å². The topological polar surface area (TPSA) is 52.8 Å². The molecule has 3 nitrogen and oxygen atoms in total. The summed E-state index contributed by atoms with van der Waals surface area (Å²) in [6.45, 7) is 1.76. The summed E-state index contributed by atoms with van der Waals surface area (Å²) in [5.74, 6) is 0. The van der Waals surface area contributed by atoms with Gasteiger partial charge in [0.1, 0.15) is 0 Å². The molecule has 0 amide bonds. The summed E-state index contributed by atoms with van der Waals surface area (Å²) in [6, 6.07) is 27.8. The molecule has 0 aliphatic carbocycles. The maximum atomic E-state index is 11.3. The van der Waals surface area contributed by atoms with Crippen LogP contribution in [0.1, 0.15) is 24.5 Å². The van der Waals surface area contributed by atoms with Crippen LogP contribution >= 0.6 is 0 Å². The standard InChI is InChI=1S/C24H21NO2/c1-24(26,22-12-6-10-18-8-4-5-11-21(18)22)16-23(25-27)20-14-13-17-7-2-3-9-19(17)15-20/h2-15,26-27H,16H2,1H3. The van der Waals surface area contributed by atoms with Crippen molar-refractivity contribution in [2.45, 2.75) is 18.9 Å². The van der Waals surface area contributed by atoms with Gasteiger partial charge in [0.15, 0.2) is 0 Å². The first kappa shape index (κ1) is 17.3. The van der Waals surface area contributed by atoms with Crippen molar-refractivity contribution in [3.05, 3.63) is 96.1 Å². The lowest BCUT2D eigenvalue weighted by Crippen LogP contribution is -2.26. The van der Waals surface area contributed by atoms with Gasteiger partial charge in [-0.1, -0.05) is 84.0 Å². The third kappa shape index (κ3) is 3.29. The van der Waals surface area contributed by atoms with E-state index < -0.39 is 5.60 Å². The molecule has 0 bridgehead atoms. The van der Waals surface area contributed by atoms with Gasteiger partial charge in [-0.05, 0) is 40.1 Å². The van der Waals surface area contributed by atoms with Gasteiger partial charge in [0.25, 0.3) is 0 Å². The van der Waals surface area contributed by atoms with E-state index in [9.17, 15) is 10.3 Å². The molecule has 4 rings (SSSR count). The highest BCUT2D eigenvalue weighted by Crippen LogP contribution is 2.32. The van der Waals surface area contributed by atoms with E-state index in [-0.39, 0.29) is 6.42 Å². The van der Waals surface area contributed by atoms with E-state index in [4.69, 9.17) is 0 Å². The number of fused-ring (bicyclic) bond motifs is 2. The monoisotopic (exact) mass is 355 g/mol. The minimum Gasteiger partial charge on any atom is -0.411 e. The van der Waals surface area contributed by atoms with Crippen LogP contribution in [0.25, 0.3) is 21.5 Å². The Balaban J connectivity index is 1.73. The lowest BCUT2D eigenvalue weighted by atomic mass is 9.85. The van der Waals surface area contributed by atoms with E-state index in [0.29, 0.717) is 5.71 Å². The third-order valence-corrected chi connectivity index (χ3v) is 5.08. The Morgan fingerprint density at radius 3 is 2.26 bits per heavy atom. The molecule has 27 heavy (non-hydrogen) atoms. The molecule has 0 aromatic heterocycles. The highest BCUT2D eigenvalue weighted by molar-refractivity contribution is 6.04. The summed E-state index contributed by atoms with van der Waals surface area (Å²) in [5, 5.41) is 28.7. The first-order valence-electron chi connectivity index (χ1n) is 8.99. The Morgan fingerprint density at radius 1 is 0.815 bits per heavy atom. The number of benzene rings is 4. The van der Waals surface area contributed by atoms with Crippen LogP contribution in [0.5, 0.6) is 0 Å². The van der Waals surface area contributed by atoms with Gasteiger partial charge < -0.3 is 10.3 Å². The van der Waals surface area contributed by atoms with Gasteiger partial charge in [-0.15, -0.1) is 0 Å². The van der Waals surface area contributed by atoms with Crippen molar-refractivity contribution in [2.24, 2.45) is 5.16 Å². The quantitative estimate of drug-likeness (QED) is 0.290. The third-order valence-electron chi connectivity index (χ3n) is 5.08. The van der Waals surface area contributed by atoms with Gasteiger partial charge in [-0.3, -0.25) is 0 Å². The van der Waals surface area contributed by atoms with Crippen LogP contribution in [0.3, 0.4) is 0 Å². The zero-order valence-corrected chi connectivity index (χ0v) is 15.1. The van der Waals surface area contributed by atoms with E-state index >= 15 is 0 Å². The molecule has 0 saturated carbocycles. The number of hydrogen-bond donors (Lipinski definition) is 2. The molecule has 1 unspecified atom stereocenters. The summed E-state index contributed by atoms with van der Waals surface area (Å²) in [6.07, 6.45) is 0.204. The second-order valence-corrected chi connectivity index (χ2v) is 7.09. The zero-order chi connectivity index (χ0) is 18.9. The van der Waals surface area contributed by atoms with E-state index in [0.717, 1.165) is 32.7 Å². The van der Waals surface area contributed by atoms with Crippen molar-refractivity contribution in [1.29, 1.82) is 0 Å². The average Bonchev–Trinajstić information content (AvgIpc) is 2.71. The van der Waals surface area contributed by atoms with Gasteiger partial charge in [0.2, 0.25) is 0 Å². The maximum Gasteiger partial charge on any atom is 0.0931 e. The van der Waals surface area contributed by atoms with Crippen molar-refractivity contribution in [3.63, 3.8) is 0 Å². The number of nitrogens with zero attached hydrogens (tertiary/aromatic N) is 1. The molecule has 134 valence electrons. The highest BCUT2D eigenvalue weighted by atomic mass is 16.4. The van der Waals surface area contributed by atoms with Gasteiger partial charge in [0.05, 0.1) is 11.3 Å². The minimum atomic E-state index is -1.17. The van der Waals surface area contributed by atoms with Crippen LogP contribution in [-0.2, 0) is 5.60 Å². The Morgan fingerprint density at radius 2 is 1.48 bits per heavy atom. The summed E-state index contributed by atoms with van der Waals surface area (Å²) in [4.78, 5) is 0. The second-order valence-electron chi connectivity index (χ2n) is 7.09. The predicted octanol–water partition coefficient (Wildman–Crippen LogP) is 5.47. The first-order valence-corrected chi connectivity index (χ1v) is 8.99. The number of hydrogen-bond acceptors (Lipinski definition) is 3. The van der Waals surface area contributed by atoms with Gasteiger partial charge in [-0.2, -0.15) is 0 Å². The molecule has 0 radical (unpaired) electrons. The van der Waals surface area contributed by atoms with Crippen LogP contribution in [0.2, 0.25) is 0 Å². The van der Waals surface area contributed by atoms with E-state index in [1.807, 2.05) is 84.9 Å². The van der Waals surface area contributed by atoms with Crippen LogP contribution < -0.4 is 0 Å². The molecule has 2 N–H and O–H groups in total. The number of rotatable bonds is 4.